The van der Waals surface area contributed by atoms with Gasteiger partial charge in [-0.15, -0.1) is 11.8 Å². The van der Waals surface area contributed by atoms with Crippen molar-refractivity contribution >= 4 is 28.6 Å². The molecule has 4 heteroatoms. The topological polar surface area (TPSA) is 42.0 Å². The van der Waals surface area contributed by atoms with Crippen LogP contribution in [-0.4, -0.2) is 16.6 Å². The Balaban J connectivity index is 1.62. The number of pyridine rings is 1. The van der Waals surface area contributed by atoms with Crippen LogP contribution in [0.1, 0.15) is 18.5 Å². The lowest BCUT2D eigenvalue weighted by Gasteiger charge is -2.14. The van der Waals surface area contributed by atoms with Crippen molar-refractivity contribution in [2.24, 2.45) is 0 Å². The smallest absolute Gasteiger partial charge is 0.230 e. The van der Waals surface area contributed by atoms with Gasteiger partial charge in [0.15, 0.2) is 0 Å². The number of aromatic nitrogens is 1. The van der Waals surface area contributed by atoms with Crippen LogP contribution in [0.15, 0.2) is 71.8 Å². The highest BCUT2D eigenvalue weighted by molar-refractivity contribution is 8.00. The second kappa shape index (κ2) is 7.29. The van der Waals surface area contributed by atoms with Gasteiger partial charge in [0, 0.05) is 16.5 Å². The zero-order valence-electron chi connectivity index (χ0n) is 12.9. The number of thioether (sulfide) groups is 1. The van der Waals surface area contributed by atoms with Crippen molar-refractivity contribution in [1.29, 1.82) is 0 Å². The third kappa shape index (κ3) is 3.90. The maximum Gasteiger partial charge on any atom is 0.230 e. The van der Waals surface area contributed by atoms with Gasteiger partial charge in [-0.1, -0.05) is 48.5 Å². The second-order valence-corrected chi connectivity index (χ2v) is 6.34. The zero-order chi connectivity index (χ0) is 16.1. The van der Waals surface area contributed by atoms with Crippen molar-refractivity contribution in [3.8, 4) is 0 Å². The van der Waals surface area contributed by atoms with Crippen molar-refractivity contribution in [1.82, 2.24) is 10.3 Å². The van der Waals surface area contributed by atoms with Crippen LogP contribution in [-0.2, 0) is 4.79 Å². The van der Waals surface area contributed by atoms with Crippen LogP contribution >= 0.6 is 11.8 Å². The second-order valence-electron chi connectivity index (χ2n) is 5.32. The average molecular weight is 322 g/mol. The van der Waals surface area contributed by atoms with Gasteiger partial charge >= 0.3 is 0 Å². The maximum atomic E-state index is 12.2. The lowest BCUT2D eigenvalue weighted by Crippen LogP contribution is -2.28. The summed E-state index contributed by atoms with van der Waals surface area (Å²) in [6.07, 6.45) is 1.78. The first kappa shape index (κ1) is 15.6. The Bertz CT molecular complexity index is 799. The molecule has 0 saturated carbocycles. The Morgan fingerprint density at radius 1 is 1.09 bits per heavy atom. The number of amides is 1. The van der Waals surface area contributed by atoms with E-state index in [2.05, 4.69) is 10.3 Å². The quantitative estimate of drug-likeness (QED) is 0.716. The van der Waals surface area contributed by atoms with Gasteiger partial charge in [-0.3, -0.25) is 9.78 Å². The number of carbonyl (C=O) groups excluding carboxylic acids is 1. The van der Waals surface area contributed by atoms with Crippen LogP contribution in [0, 0.1) is 0 Å². The van der Waals surface area contributed by atoms with Gasteiger partial charge < -0.3 is 5.32 Å². The van der Waals surface area contributed by atoms with Gasteiger partial charge in [0.05, 0.1) is 17.3 Å². The molecule has 0 bridgehead atoms. The summed E-state index contributed by atoms with van der Waals surface area (Å²) in [7, 11) is 0. The molecule has 1 N–H and O–H groups in total. The van der Waals surface area contributed by atoms with E-state index in [4.69, 9.17) is 0 Å². The Labute approximate surface area is 140 Å². The lowest BCUT2D eigenvalue weighted by atomic mass is 10.1. The van der Waals surface area contributed by atoms with Crippen LogP contribution < -0.4 is 5.32 Å². The molecule has 2 aromatic carbocycles. The Hall–Kier alpha value is -2.33. The molecule has 1 aromatic heterocycles. The predicted octanol–water partition coefficient (Wildman–Crippen LogP) is 4.20. The molecule has 3 rings (SSSR count). The van der Waals surface area contributed by atoms with E-state index in [0.717, 1.165) is 21.4 Å². The molecule has 0 aliphatic rings. The van der Waals surface area contributed by atoms with Gasteiger partial charge in [-0.2, -0.15) is 0 Å². The minimum Gasteiger partial charge on any atom is -0.349 e. The van der Waals surface area contributed by atoms with E-state index in [0.29, 0.717) is 5.75 Å². The van der Waals surface area contributed by atoms with E-state index in [1.807, 2.05) is 67.6 Å². The first-order valence-corrected chi connectivity index (χ1v) is 8.53. The molecular formula is C19H18N2OS. The number of nitrogens with zero attached hydrogens (tertiary/aromatic N) is 1. The highest BCUT2D eigenvalue weighted by atomic mass is 32.2. The SMILES string of the molecule is C[C@H](NC(=O)CSc1cccc2cccnc12)c1ccccc1. The number of fused-ring (bicyclic) bond motifs is 1. The van der Waals surface area contributed by atoms with Gasteiger partial charge in [0.2, 0.25) is 5.91 Å². The third-order valence-corrected chi connectivity index (χ3v) is 4.68. The summed E-state index contributed by atoms with van der Waals surface area (Å²) in [5.41, 5.74) is 2.06. The first-order valence-electron chi connectivity index (χ1n) is 7.55. The molecule has 116 valence electrons. The molecule has 0 spiro atoms. The summed E-state index contributed by atoms with van der Waals surface area (Å²) in [6, 6.07) is 20.0. The molecule has 0 radical (unpaired) electrons. The molecule has 0 saturated heterocycles. The van der Waals surface area contributed by atoms with Crippen LogP contribution in [0.3, 0.4) is 0 Å². The van der Waals surface area contributed by atoms with E-state index >= 15 is 0 Å². The van der Waals surface area contributed by atoms with Crippen molar-refractivity contribution in [3.05, 3.63) is 72.4 Å². The summed E-state index contributed by atoms with van der Waals surface area (Å²) < 4.78 is 0. The summed E-state index contributed by atoms with van der Waals surface area (Å²) in [4.78, 5) is 17.6. The van der Waals surface area contributed by atoms with Gasteiger partial charge in [0.1, 0.15) is 0 Å². The Kier molecular flexibility index (Phi) is 4.93. The minimum absolute atomic E-state index is 0.00921. The number of rotatable bonds is 5. The third-order valence-electron chi connectivity index (χ3n) is 3.63. The number of carbonyl (C=O) groups is 1. The highest BCUT2D eigenvalue weighted by Crippen LogP contribution is 2.26. The molecule has 3 aromatic rings. The lowest BCUT2D eigenvalue weighted by molar-refractivity contribution is -0.119. The van der Waals surface area contributed by atoms with E-state index in [-0.39, 0.29) is 11.9 Å². The molecule has 3 nitrogen and oxygen atoms in total. The molecule has 1 atom stereocenters. The largest absolute Gasteiger partial charge is 0.349 e. The summed E-state index contributed by atoms with van der Waals surface area (Å²) in [5.74, 6) is 0.409. The number of benzene rings is 2. The molecule has 1 amide bonds. The number of para-hydroxylation sites is 1. The van der Waals surface area contributed by atoms with Crippen molar-refractivity contribution in [2.45, 2.75) is 17.9 Å². The van der Waals surface area contributed by atoms with Gasteiger partial charge in [0.25, 0.3) is 0 Å². The van der Waals surface area contributed by atoms with Crippen molar-refractivity contribution in [2.75, 3.05) is 5.75 Å². The molecule has 0 unspecified atom stereocenters. The van der Waals surface area contributed by atoms with E-state index in [1.54, 1.807) is 6.20 Å². The molecule has 0 aliphatic heterocycles. The van der Waals surface area contributed by atoms with E-state index in [1.165, 1.54) is 11.8 Å². The van der Waals surface area contributed by atoms with Crippen LogP contribution in [0.2, 0.25) is 0 Å². The maximum absolute atomic E-state index is 12.2. The standard InChI is InChI=1S/C19H18N2OS/c1-14(15-7-3-2-4-8-15)21-18(22)13-23-17-11-5-9-16-10-6-12-20-19(16)17/h2-12,14H,13H2,1H3,(H,21,22)/t14-/m0/s1. The molecule has 1 heterocycles. The van der Waals surface area contributed by atoms with Gasteiger partial charge in [-0.25, -0.2) is 0 Å². The first-order chi connectivity index (χ1) is 11.2. The molecule has 0 fully saturated rings. The average Bonchev–Trinajstić information content (AvgIpc) is 2.60. The number of hydrogen-bond acceptors (Lipinski definition) is 3. The summed E-state index contributed by atoms with van der Waals surface area (Å²) in [6.45, 7) is 2.00. The Morgan fingerprint density at radius 3 is 2.70 bits per heavy atom. The Morgan fingerprint density at radius 2 is 1.87 bits per heavy atom. The molecular weight excluding hydrogens is 304 g/mol. The van der Waals surface area contributed by atoms with E-state index < -0.39 is 0 Å². The summed E-state index contributed by atoms with van der Waals surface area (Å²) in [5, 5.41) is 4.13. The fourth-order valence-electron chi connectivity index (χ4n) is 2.44. The molecule has 0 aliphatic carbocycles. The fraction of sp³-hybridized carbons (Fsp3) is 0.158. The highest BCUT2D eigenvalue weighted by Gasteiger charge is 2.10. The zero-order valence-corrected chi connectivity index (χ0v) is 13.7. The number of hydrogen-bond donors (Lipinski definition) is 1. The number of nitrogens with one attached hydrogen (secondary N) is 1. The van der Waals surface area contributed by atoms with Gasteiger partial charge in [-0.05, 0) is 24.6 Å². The van der Waals surface area contributed by atoms with Crippen molar-refractivity contribution < 1.29 is 4.79 Å². The monoisotopic (exact) mass is 322 g/mol. The van der Waals surface area contributed by atoms with Crippen molar-refractivity contribution in [3.63, 3.8) is 0 Å². The minimum atomic E-state index is 0.00921. The van der Waals surface area contributed by atoms with Crippen LogP contribution in [0.25, 0.3) is 10.9 Å². The molecule has 23 heavy (non-hydrogen) atoms. The summed E-state index contributed by atoms with van der Waals surface area (Å²) >= 11 is 1.52. The normalized spacial score (nSPS) is 12.0. The van der Waals surface area contributed by atoms with Crippen LogP contribution in [0.4, 0.5) is 0 Å². The predicted molar refractivity (Wildman–Crippen MR) is 95.5 cm³/mol. The van der Waals surface area contributed by atoms with Crippen LogP contribution in [0.5, 0.6) is 0 Å². The fourth-order valence-corrected chi connectivity index (χ4v) is 3.30. The van der Waals surface area contributed by atoms with E-state index in [9.17, 15) is 4.79 Å².